The number of hydrogen-bond donors (Lipinski definition) is 0. The van der Waals surface area contributed by atoms with Crippen LogP contribution >= 0.6 is 11.3 Å². The molecule has 106 valence electrons. The van der Waals surface area contributed by atoms with Crippen LogP contribution in [0.5, 0.6) is 0 Å². The Balaban J connectivity index is 1.89. The zero-order valence-corrected chi connectivity index (χ0v) is 13.0. The van der Waals surface area contributed by atoms with Gasteiger partial charge in [-0.1, -0.05) is 26.8 Å². The summed E-state index contributed by atoms with van der Waals surface area (Å²) in [6.45, 7) is 10.9. The molecule has 1 aromatic heterocycles. The van der Waals surface area contributed by atoms with Crippen LogP contribution in [0.25, 0.3) is 0 Å². The maximum absolute atomic E-state index is 12.3. The molecule has 0 saturated carbocycles. The van der Waals surface area contributed by atoms with Crippen LogP contribution in [0.1, 0.15) is 32.1 Å². The Morgan fingerprint density at radius 3 is 2.68 bits per heavy atom. The third-order valence-electron chi connectivity index (χ3n) is 3.48. The molecule has 1 saturated heterocycles. The van der Waals surface area contributed by atoms with Gasteiger partial charge in [-0.2, -0.15) is 0 Å². The fourth-order valence-corrected chi connectivity index (χ4v) is 3.18. The van der Waals surface area contributed by atoms with Crippen LogP contribution in [0.15, 0.2) is 17.5 Å². The second kappa shape index (κ2) is 6.06. The SMILES string of the molecule is CC(C)(C)C(=O)N1CCCN(Cc2cccs2)CC1. The van der Waals surface area contributed by atoms with Crippen molar-refractivity contribution >= 4 is 17.2 Å². The van der Waals surface area contributed by atoms with Crippen LogP contribution < -0.4 is 0 Å². The first-order valence-corrected chi connectivity index (χ1v) is 7.89. The number of thiophene rings is 1. The molecule has 0 atom stereocenters. The topological polar surface area (TPSA) is 23.6 Å². The zero-order chi connectivity index (χ0) is 13.9. The van der Waals surface area contributed by atoms with Crippen molar-refractivity contribution in [2.45, 2.75) is 33.7 Å². The van der Waals surface area contributed by atoms with Crippen molar-refractivity contribution in [3.05, 3.63) is 22.4 Å². The van der Waals surface area contributed by atoms with Gasteiger partial charge in [0.1, 0.15) is 0 Å². The monoisotopic (exact) mass is 280 g/mol. The maximum atomic E-state index is 12.3. The van der Waals surface area contributed by atoms with Crippen molar-refractivity contribution in [3.63, 3.8) is 0 Å². The molecular formula is C15H24N2OS. The molecule has 0 bridgehead atoms. The van der Waals surface area contributed by atoms with Crippen LogP contribution in [0.2, 0.25) is 0 Å². The number of carbonyl (C=O) groups excluding carboxylic acids is 1. The van der Waals surface area contributed by atoms with E-state index in [-0.39, 0.29) is 11.3 Å². The van der Waals surface area contributed by atoms with Gasteiger partial charge in [0.25, 0.3) is 0 Å². The highest BCUT2D eigenvalue weighted by Gasteiger charge is 2.28. The van der Waals surface area contributed by atoms with E-state index < -0.39 is 0 Å². The largest absolute Gasteiger partial charge is 0.341 e. The number of carbonyl (C=O) groups is 1. The summed E-state index contributed by atoms with van der Waals surface area (Å²) in [6.07, 6.45) is 1.08. The highest BCUT2D eigenvalue weighted by molar-refractivity contribution is 7.09. The van der Waals surface area contributed by atoms with E-state index in [4.69, 9.17) is 0 Å². The molecule has 1 aromatic rings. The van der Waals surface area contributed by atoms with Crippen molar-refractivity contribution < 1.29 is 4.79 Å². The molecule has 0 aliphatic carbocycles. The van der Waals surface area contributed by atoms with Crippen molar-refractivity contribution in [2.24, 2.45) is 5.41 Å². The Hall–Kier alpha value is -0.870. The molecule has 1 aliphatic heterocycles. The van der Waals surface area contributed by atoms with Gasteiger partial charge in [-0.05, 0) is 17.9 Å². The quantitative estimate of drug-likeness (QED) is 0.831. The second-order valence-corrected chi connectivity index (χ2v) is 7.28. The van der Waals surface area contributed by atoms with Gasteiger partial charge in [0, 0.05) is 43.0 Å². The lowest BCUT2D eigenvalue weighted by Crippen LogP contribution is -2.41. The first kappa shape index (κ1) is 14.5. The van der Waals surface area contributed by atoms with E-state index in [0.717, 1.165) is 39.1 Å². The summed E-state index contributed by atoms with van der Waals surface area (Å²) in [6, 6.07) is 4.29. The summed E-state index contributed by atoms with van der Waals surface area (Å²) >= 11 is 1.81. The number of rotatable bonds is 2. The van der Waals surface area contributed by atoms with E-state index in [1.165, 1.54) is 4.88 Å². The van der Waals surface area contributed by atoms with Crippen LogP contribution in [-0.4, -0.2) is 41.9 Å². The zero-order valence-electron chi connectivity index (χ0n) is 12.2. The van der Waals surface area contributed by atoms with Gasteiger partial charge in [0.15, 0.2) is 0 Å². The van der Waals surface area contributed by atoms with Gasteiger partial charge in [-0.15, -0.1) is 11.3 Å². The fraction of sp³-hybridized carbons (Fsp3) is 0.667. The van der Waals surface area contributed by atoms with E-state index in [9.17, 15) is 4.79 Å². The highest BCUT2D eigenvalue weighted by atomic mass is 32.1. The molecule has 19 heavy (non-hydrogen) atoms. The predicted molar refractivity (Wildman–Crippen MR) is 80.2 cm³/mol. The molecule has 0 N–H and O–H groups in total. The van der Waals surface area contributed by atoms with E-state index in [1.54, 1.807) is 0 Å². The smallest absolute Gasteiger partial charge is 0.227 e. The molecular weight excluding hydrogens is 256 g/mol. The van der Waals surface area contributed by atoms with Gasteiger partial charge in [0.05, 0.1) is 0 Å². The van der Waals surface area contributed by atoms with Gasteiger partial charge in [-0.25, -0.2) is 0 Å². The summed E-state index contributed by atoms with van der Waals surface area (Å²) in [5, 5.41) is 2.13. The summed E-state index contributed by atoms with van der Waals surface area (Å²) in [7, 11) is 0. The summed E-state index contributed by atoms with van der Waals surface area (Å²) in [5.74, 6) is 0.283. The van der Waals surface area contributed by atoms with Crippen LogP contribution in [0.4, 0.5) is 0 Å². The minimum Gasteiger partial charge on any atom is -0.341 e. The summed E-state index contributed by atoms with van der Waals surface area (Å²) in [4.78, 5) is 18.2. The molecule has 4 heteroatoms. The Bertz CT molecular complexity index is 408. The molecule has 1 amide bonds. The molecule has 0 radical (unpaired) electrons. The second-order valence-electron chi connectivity index (χ2n) is 6.25. The van der Waals surface area contributed by atoms with E-state index in [0.29, 0.717) is 0 Å². The number of nitrogens with zero attached hydrogens (tertiary/aromatic N) is 2. The molecule has 0 spiro atoms. The lowest BCUT2D eigenvalue weighted by Gasteiger charge is -2.28. The molecule has 2 heterocycles. The Morgan fingerprint density at radius 2 is 2.05 bits per heavy atom. The average molecular weight is 280 g/mol. The van der Waals surface area contributed by atoms with E-state index in [1.807, 2.05) is 37.0 Å². The summed E-state index contributed by atoms with van der Waals surface area (Å²) < 4.78 is 0. The molecule has 3 nitrogen and oxygen atoms in total. The van der Waals surface area contributed by atoms with Gasteiger partial charge < -0.3 is 4.90 Å². The summed E-state index contributed by atoms with van der Waals surface area (Å²) in [5.41, 5.74) is -0.261. The minimum atomic E-state index is -0.261. The maximum Gasteiger partial charge on any atom is 0.227 e. The Labute approximate surface area is 120 Å². The van der Waals surface area contributed by atoms with Gasteiger partial charge in [0.2, 0.25) is 5.91 Å². The lowest BCUT2D eigenvalue weighted by molar-refractivity contribution is -0.139. The Kier molecular flexibility index (Phi) is 4.63. The highest BCUT2D eigenvalue weighted by Crippen LogP contribution is 2.19. The van der Waals surface area contributed by atoms with Crippen molar-refractivity contribution in [1.82, 2.24) is 9.80 Å². The number of hydrogen-bond acceptors (Lipinski definition) is 3. The number of amides is 1. The lowest BCUT2D eigenvalue weighted by atomic mass is 9.94. The van der Waals surface area contributed by atoms with E-state index >= 15 is 0 Å². The standard InChI is InChI=1S/C15H24N2OS/c1-15(2,3)14(18)17-8-5-7-16(9-10-17)12-13-6-4-11-19-13/h4,6,11H,5,7-10,12H2,1-3H3. The third kappa shape index (κ3) is 4.05. The molecule has 0 unspecified atom stereocenters. The first-order valence-electron chi connectivity index (χ1n) is 7.01. The molecule has 0 aromatic carbocycles. The predicted octanol–water partition coefficient (Wildman–Crippen LogP) is 2.83. The normalized spacial score (nSPS) is 18.4. The Morgan fingerprint density at radius 1 is 1.26 bits per heavy atom. The fourth-order valence-electron chi connectivity index (χ4n) is 2.43. The first-order chi connectivity index (χ1) is 8.97. The third-order valence-corrected chi connectivity index (χ3v) is 4.34. The minimum absolute atomic E-state index is 0.261. The molecule has 2 rings (SSSR count). The molecule has 1 aliphatic rings. The molecule has 1 fully saturated rings. The van der Waals surface area contributed by atoms with Crippen molar-refractivity contribution in [2.75, 3.05) is 26.2 Å². The van der Waals surface area contributed by atoms with Crippen LogP contribution in [-0.2, 0) is 11.3 Å². The van der Waals surface area contributed by atoms with Crippen molar-refractivity contribution in [3.8, 4) is 0 Å². The average Bonchev–Trinajstić information content (AvgIpc) is 2.72. The van der Waals surface area contributed by atoms with Gasteiger partial charge in [-0.3, -0.25) is 9.69 Å². The van der Waals surface area contributed by atoms with Gasteiger partial charge >= 0.3 is 0 Å². The van der Waals surface area contributed by atoms with Crippen molar-refractivity contribution in [1.29, 1.82) is 0 Å². The van der Waals surface area contributed by atoms with Crippen LogP contribution in [0.3, 0.4) is 0 Å². The van der Waals surface area contributed by atoms with Crippen LogP contribution in [0, 0.1) is 5.41 Å². The van der Waals surface area contributed by atoms with E-state index in [2.05, 4.69) is 22.4 Å².